The van der Waals surface area contributed by atoms with Gasteiger partial charge < -0.3 is 18.9 Å². The number of hydrogen-bond acceptors (Lipinski definition) is 6. The Morgan fingerprint density at radius 2 is 1.71 bits per heavy atom. The van der Waals surface area contributed by atoms with Crippen LogP contribution in [0.25, 0.3) is 0 Å². The van der Waals surface area contributed by atoms with Gasteiger partial charge in [-0.25, -0.2) is 9.78 Å². The van der Waals surface area contributed by atoms with Crippen molar-refractivity contribution >= 4 is 28.6 Å². The summed E-state index contributed by atoms with van der Waals surface area (Å²) in [5.41, 5.74) is -5.61. The number of pyridine rings is 1. The van der Waals surface area contributed by atoms with Crippen LogP contribution in [0.15, 0.2) is 30.5 Å². The van der Waals surface area contributed by atoms with Crippen LogP contribution in [0.3, 0.4) is 0 Å². The summed E-state index contributed by atoms with van der Waals surface area (Å²) in [5.74, 6) is -0.796. The van der Waals surface area contributed by atoms with Gasteiger partial charge in [-0.3, -0.25) is 0 Å². The van der Waals surface area contributed by atoms with E-state index >= 15 is 0 Å². The molecule has 188 valence electrons. The Morgan fingerprint density at radius 1 is 1.06 bits per heavy atom. The molecule has 0 bridgehead atoms. The van der Waals surface area contributed by atoms with Crippen molar-refractivity contribution in [2.24, 2.45) is 0 Å². The second-order valence-electron chi connectivity index (χ2n) is 6.90. The van der Waals surface area contributed by atoms with E-state index < -0.39 is 36.3 Å². The van der Waals surface area contributed by atoms with Gasteiger partial charge in [-0.15, -0.1) is 0 Å². The third-order valence-electron chi connectivity index (χ3n) is 4.63. The summed E-state index contributed by atoms with van der Waals surface area (Å²) in [6, 6.07) is 3.59. The fraction of sp³-hybridized carbons (Fsp3) is 0.429. The lowest BCUT2D eigenvalue weighted by Crippen LogP contribution is -2.56. The quantitative estimate of drug-likeness (QED) is 0.147. The number of aromatic nitrogens is 1. The molecule has 2 rings (SSSR count). The number of aryl methyl sites for hydroxylation is 1. The summed E-state index contributed by atoms with van der Waals surface area (Å²) in [4.78, 5) is 15.9. The van der Waals surface area contributed by atoms with E-state index in [2.05, 4.69) is 19.2 Å². The molecular formula is C21H20F6INO5. The van der Waals surface area contributed by atoms with E-state index in [4.69, 9.17) is 4.74 Å². The number of carbonyl (C=O) groups is 1. The maximum atomic E-state index is 13.9. The fourth-order valence-corrected chi connectivity index (χ4v) is 3.61. The zero-order valence-corrected chi connectivity index (χ0v) is 20.3. The minimum Gasteiger partial charge on any atom is -0.465 e. The van der Waals surface area contributed by atoms with Crippen LogP contribution in [0.2, 0.25) is 0 Å². The van der Waals surface area contributed by atoms with Crippen molar-refractivity contribution in [3.63, 3.8) is 0 Å². The zero-order valence-electron chi connectivity index (χ0n) is 18.1. The summed E-state index contributed by atoms with van der Waals surface area (Å²) >= 11 is 1.85. The van der Waals surface area contributed by atoms with Gasteiger partial charge in [0.1, 0.15) is 12.5 Å². The zero-order chi connectivity index (χ0) is 25.7. The fourth-order valence-electron chi connectivity index (χ4n) is 3.10. The highest BCUT2D eigenvalue weighted by Gasteiger charge is 2.73. The number of hydrogen-bond donors (Lipinski definition) is 0. The average Bonchev–Trinajstić information content (AvgIpc) is 2.74. The van der Waals surface area contributed by atoms with E-state index in [1.807, 2.05) is 22.6 Å². The minimum atomic E-state index is -5.84. The van der Waals surface area contributed by atoms with Gasteiger partial charge in [0.25, 0.3) is 5.60 Å². The molecule has 0 saturated heterocycles. The Morgan fingerprint density at radius 3 is 2.24 bits per heavy atom. The molecule has 0 spiro atoms. The number of nitrogens with zero attached hydrogens (tertiary/aromatic N) is 1. The first kappa shape index (κ1) is 28.1. The second kappa shape index (κ2) is 11.1. The molecule has 6 nitrogen and oxygen atoms in total. The molecule has 1 heterocycles. The van der Waals surface area contributed by atoms with E-state index in [-0.39, 0.29) is 29.2 Å². The topological polar surface area (TPSA) is 66.9 Å². The van der Waals surface area contributed by atoms with Crippen LogP contribution < -0.4 is 4.74 Å². The number of ether oxygens (including phenoxy) is 4. The van der Waals surface area contributed by atoms with Crippen LogP contribution >= 0.6 is 22.6 Å². The Kier molecular flexibility index (Phi) is 9.16. The summed E-state index contributed by atoms with van der Waals surface area (Å²) in [6.07, 6.45) is -9.90. The molecule has 0 atom stereocenters. The van der Waals surface area contributed by atoms with Crippen LogP contribution in [0.1, 0.15) is 34.8 Å². The molecule has 0 N–H and O–H groups in total. The van der Waals surface area contributed by atoms with Crippen molar-refractivity contribution in [3.05, 3.63) is 50.7 Å². The largest absolute Gasteiger partial charge is 0.465 e. The number of rotatable bonds is 9. The van der Waals surface area contributed by atoms with Crippen LogP contribution in [0.5, 0.6) is 11.6 Å². The molecule has 0 unspecified atom stereocenters. The smallest absolute Gasteiger partial charge is 0.430 e. The second-order valence-corrected chi connectivity index (χ2v) is 8.06. The molecule has 0 radical (unpaired) electrons. The summed E-state index contributed by atoms with van der Waals surface area (Å²) in [5, 5.41) is 0. The Bertz CT molecular complexity index is 998. The first-order valence-corrected chi connectivity index (χ1v) is 10.7. The maximum Gasteiger partial charge on any atom is 0.430 e. The Labute approximate surface area is 204 Å². The highest BCUT2D eigenvalue weighted by Crippen LogP contribution is 2.53. The van der Waals surface area contributed by atoms with Crippen LogP contribution in [0.4, 0.5) is 26.3 Å². The molecule has 0 aliphatic heterocycles. The SMILES string of the molecule is CCCc1cc(C(OCOC)(C(F)(F)F)C(F)(F)F)ccc1Oc1cc(C(=O)OC)c(I)cn1. The van der Waals surface area contributed by atoms with Crippen molar-refractivity contribution in [1.82, 2.24) is 4.98 Å². The lowest BCUT2D eigenvalue weighted by atomic mass is 9.89. The van der Waals surface area contributed by atoms with Gasteiger partial charge in [-0.2, -0.15) is 26.3 Å². The van der Waals surface area contributed by atoms with Gasteiger partial charge in [0, 0.05) is 28.5 Å². The van der Waals surface area contributed by atoms with E-state index in [0.717, 1.165) is 19.2 Å². The predicted octanol–water partition coefficient (Wildman–Crippen LogP) is 6.16. The van der Waals surface area contributed by atoms with E-state index in [1.54, 1.807) is 6.92 Å². The van der Waals surface area contributed by atoms with Gasteiger partial charge in [-0.1, -0.05) is 19.4 Å². The van der Waals surface area contributed by atoms with E-state index in [0.29, 0.717) is 16.1 Å². The number of esters is 1. The first-order chi connectivity index (χ1) is 15.8. The Hall–Kier alpha value is -2.13. The van der Waals surface area contributed by atoms with Crippen molar-refractivity contribution < 1.29 is 50.1 Å². The van der Waals surface area contributed by atoms with Crippen molar-refractivity contribution in [2.45, 2.75) is 37.7 Å². The van der Waals surface area contributed by atoms with E-state index in [1.165, 1.54) is 19.4 Å². The van der Waals surface area contributed by atoms with Gasteiger partial charge in [0.15, 0.2) is 0 Å². The maximum absolute atomic E-state index is 13.9. The van der Waals surface area contributed by atoms with Crippen molar-refractivity contribution in [3.8, 4) is 11.6 Å². The van der Waals surface area contributed by atoms with Crippen molar-refractivity contribution in [2.75, 3.05) is 21.0 Å². The molecule has 0 fully saturated rings. The van der Waals surface area contributed by atoms with E-state index in [9.17, 15) is 31.1 Å². The lowest BCUT2D eigenvalue weighted by Gasteiger charge is -2.37. The molecule has 2 aromatic rings. The highest BCUT2D eigenvalue weighted by molar-refractivity contribution is 14.1. The molecule has 1 aromatic carbocycles. The number of benzene rings is 1. The predicted molar refractivity (Wildman–Crippen MR) is 116 cm³/mol. The van der Waals surface area contributed by atoms with Gasteiger partial charge >= 0.3 is 18.3 Å². The molecule has 0 saturated carbocycles. The number of alkyl halides is 6. The molecule has 0 amide bonds. The molecule has 1 aromatic heterocycles. The van der Waals surface area contributed by atoms with Crippen LogP contribution in [0, 0.1) is 3.57 Å². The Balaban J connectivity index is 2.61. The van der Waals surface area contributed by atoms with Crippen LogP contribution in [-0.2, 0) is 26.2 Å². The molecule has 13 heteroatoms. The summed E-state index contributed by atoms with van der Waals surface area (Å²) in [7, 11) is 2.09. The van der Waals surface area contributed by atoms with Crippen LogP contribution in [-0.4, -0.2) is 44.3 Å². The molecule has 34 heavy (non-hydrogen) atoms. The third-order valence-corrected chi connectivity index (χ3v) is 5.49. The molecule has 0 aliphatic rings. The van der Waals surface area contributed by atoms with Gasteiger partial charge in [0.05, 0.1) is 12.7 Å². The standard InChI is InChI=1S/C21H20F6INO5/c1-4-5-12-8-13(19(20(22,23)24,21(25,26)27)33-11-31-2)6-7-16(12)34-17-9-14(18(30)32-3)15(28)10-29-17/h6-10H,4-5,11H2,1-3H3. The number of methoxy groups -OCH3 is 2. The van der Waals surface area contributed by atoms with Gasteiger partial charge in [-0.05, 0) is 46.7 Å². The summed E-state index contributed by atoms with van der Waals surface area (Å²) < 4.78 is 102. The first-order valence-electron chi connectivity index (χ1n) is 9.63. The summed E-state index contributed by atoms with van der Waals surface area (Å²) in [6.45, 7) is 0.445. The normalized spacial score (nSPS) is 12.5. The molecular weight excluding hydrogens is 587 g/mol. The van der Waals surface area contributed by atoms with Gasteiger partial charge in [0.2, 0.25) is 5.88 Å². The minimum absolute atomic E-state index is 0.0277. The molecule has 0 aliphatic carbocycles. The highest BCUT2D eigenvalue weighted by atomic mass is 127. The number of carbonyl (C=O) groups excluding carboxylic acids is 1. The van der Waals surface area contributed by atoms with Crippen molar-refractivity contribution in [1.29, 1.82) is 0 Å². The third kappa shape index (κ3) is 5.74. The number of halogens is 7. The lowest BCUT2D eigenvalue weighted by molar-refractivity contribution is -0.400. The monoisotopic (exact) mass is 607 g/mol. The average molecular weight is 607 g/mol.